The molecule has 30 heavy (non-hydrogen) atoms. The van der Waals surface area contributed by atoms with Gasteiger partial charge < -0.3 is 19.5 Å². The predicted octanol–water partition coefficient (Wildman–Crippen LogP) is 3.35. The van der Waals surface area contributed by atoms with E-state index in [1.54, 1.807) is 11.3 Å². The third-order valence-corrected chi connectivity index (χ3v) is 6.01. The lowest BCUT2D eigenvalue weighted by molar-refractivity contribution is -0.00523. The van der Waals surface area contributed by atoms with Crippen molar-refractivity contribution in [3.8, 4) is 10.4 Å². The summed E-state index contributed by atoms with van der Waals surface area (Å²) in [5.74, 6) is -0.292. The van der Waals surface area contributed by atoms with Crippen LogP contribution in [0.5, 0.6) is 0 Å². The fourth-order valence-corrected chi connectivity index (χ4v) is 4.79. The Hall–Kier alpha value is -2.78. The summed E-state index contributed by atoms with van der Waals surface area (Å²) in [6.07, 6.45) is 1.66. The maximum absolute atomic E-state index is 12.3. The van der Waals surface area contributed by atoms with Gasteiger partial charge in [-0.05, 0) is 45.4 Å². The average molecular weight is 428 g/mol. The Bertz CT molecular complexity index is 1000. The van der Waals surface area contributed by atoms with E-state index < -0.39 is 0 Å². The van der Waals surface area contributed by atoms with E-state index in [0.717, 1.165) is 45.7 Å². The topological polar surface area (TPSA) is 93.4 Å². The highest BCUT2D eigenvalue weighted by Gasteiger charge is 2.26. The molecule has 0 bridgehead atoms. The van der Waals surface area contributed by atoms with E-state index >= 15 is 0 Å². The fraction of sp³-hybridized carbons (Fsp3) is 0.429. The number of rotatable bonds is 5. The zero-order chi connectivity index (χ0) is 21.3. The number of anilines is 1. The summed E-state index contributed by atoms with van der Waals surface area (Å²) in [7, 11) is 0. The molecule has 4 rings (SSSR count). The zero-order valence-electron chi connectivity index (χ0n) is 17.5. The molecule has 0 radical (unpaired) electrons. The lowest BCUT2D eigenvalue weighted by Gasteiger charge is -2.35. The molecule has 0 unspecified atom stereocenters. The molecule has 3 aromatic rings. The van der Waals surface area contributed by atoms with Gasteiger partial charge in [0.05, 0.1) is 29.3 Å². The van der Waals surface area contributed by atoms with Crippen molar-refractivity contribution >= 4 is 22.4 Å². The summed E-state index contributed by atoms with van der Waals surface area (Å²) in [5, 5.41) is 7.53. The van der Waals surface area contributed by atoms with Crippen LogP contribution in [0.25, 0.3) is 10.4 Å². The molecule has 0 saturated carbocycles. The molecule has 4 heterocycles. The second-order valence-electron chi connectivity index (χ2n) is 7.64. The zero-order valence-corrected chi connectivity index (χ0v) is 18.3. The number of carbonyl (C=O) groups is 1. The standard InChI is InChI=1S/C21H25N5O3S/c1-12-7-16(8-13(2)23-12)19-18(9-22-20(27)17-5-6-28-25-17)24-21(30-19)26-10-14(3)29-15(4)11-26/h5-8,14-15H,9-11H2,1-4H3,(H,22,27)/t14-,15-/m1/s1. The molecule has 0 spiro atoms. The molecule has 1 saturated heterocycles. The summed E-state index contributed by atoms with van der Waals surface area (Å²) in [5.41, 5.74) is 4.03. The van der Waals surface area contributed by atoms with Crippen LogP contribution in [-0.4, -0.2) is 46.3 Å². The highest BCUT2D eigenvalue weighted by molar-refractivity contribution is 7.19. The third kappa shape index (κ3) is 4.52. The van der Waals surface area contributed by atoms with E-state index in [1.807, 2.05) is 13.8 Å². The average Bonchev–Trinajstić information content (AvgIpc) is 3.35. The van der Waals surface area contributed by atoms with E-state index in [-0.39, 0.29) is 23.8 Å². The monoisotopic (exact) mass is 427 g/mol. The van der Waals surface area contributed by atoms with Crippen molar-refractivity contribution in [1.82, 2.24) is 20.4 Å². The molecule has 0 aliphatic carbocycles. The first-order valence-electron chi connectivity index (χ1n) is 9.93. The highest BCUT2D eigenvalue weighted by atomic mass is 32.1. The van der Waals surface area contributed by atoms with Gasteiger partial charge in [-0.15, -0.1) is 0 Å². The maximum Gasteiger partial charge on any atom is 0.273 e. The Balaban J connectivity index is 1.65. The van der Waals surface area contributed by atoms with Crippen molar-refractivity contribution in [3.63, 3.8) is 0 Å². The molecule has 1 N–H and O–H groups in total. The number of thiazole rings is 1. The van der Waals surface area contributed by atoms with Crippen LogP contribution in [0.15, 0.2) is 29.0 Å². The van der Waals surface area contributed by atoms with Gasteiger partial charge in [-0.1, -0.05) is 16.5 Å². The van der Waals surface area contributed by atoms with Gasteiger partial charge in [0.25, 0.3) is 5.91 Å². The van der Waals surface area contributed by atoms with E-state index in [9.17, 15) is 4.79 Å². The predicted molar refractivity (Wildman–Crippen MR) is 115 cm³/mol. The lowest BCUT2D eigenvalue weighted by atomic mass is 10.1. The normalized spacial score (nSPS) is 19.1. The number of aryl methyl sites for hydroxylation is 2. The largest absolute Gasteiger partial charge is 0.372 e. The molecule has 3 aromatic heterocycles. The number of carbonyl (C=O) groups excluding carboxylic acids is 1. The number of hydrogen-bond acceptors (Lipinski definition) is 8. The van der Waals surface area contributed by atoms with Crippen molar-refractivity contribution in [3.05, 3.63) is 47.2 Å². The SMILES string of the molecule is Cc1cc(-c2sc(N3C[C@@H](C)O[C@H](C)C3)nc2CNC(=O)c2ccon2)cc(C)n1. The minimum Gasteiger partial charge on any atom is -0.372 e. The summed E-state index contributed by atoms with van der Waals surface area (Å²) in [6.45, 7) is 9.99. The summed E-state index contributed by atoms with van der Waals surface area (Å²) in [6, 6.07) is 5.64. The molecule has 1 fully saturated rings. The second-order valence-corrected chi connectivity index (χ2v) is 8.62. The molecule has 2 atom stereocenters. The van der Waals surface area contributed by atoms with Crippen LogP contribution in [0.4, 0.5) is 5.13 Å². The van der Waals surface area contributed by atoms with E-state index in [0.29, 0.717) is 6.54 Å². The van der Waals surface area contributed by atoms with Crippen LogP contribution < -0.4 is 10.2 Å². The number of nitrogens with one attached hydrogen (secondary N) is 1. The quantitative estimate of drug-likeness (QED) is 0.667. The van der Waals surface area contributed by atoms with Crippen molar-refractivity contribution < 1.29 is 14.1 Å². The van der Waals surface area contributed by atoms with Gasteiger partial charge >= 0.3 is 0 Å². The van der Waals surface area contributed by atoms with E-state index in [1.165, 1.54) is 12.3 Å². The summed E-state index contributed by atoms with van der Waals surface area (Å²) in [4.78, 5) is 25.0. The summed E-state index contributed by atoms with van der Waals surface area (Å²) >= 11 is 1.64. The van der Waals surface area contributed by atoms with Crippen LogP contribution in [0.3, 0.4) is 0 Å². The van der Waals surface area contributed by atoms with Crippen LogP contribution >= 0.6 is 11.3 Å². The van der Waals surface area contributed by atoms with E-state index in [4.69, 9.17) is 14.2 Å². The Kier molecular flexibility index (Phi) is 5.83. The van der Waals surface area contributed by atoms with Gasteiger partial charge in [0.1, 0.15) is 6.26 Å². The first-order chi connectivity index (χ1) is 14.4. The van der Waals surface area contributed by atoms with Crippen molar-refractivity contribution in [2.75, 3.05) is 18.0 Å². The van der Waals surface area contributed by atoms with Crippen molar-refractivity contribution in [2.24, 2.45) is 0 Å². The molecular formula is C21H25N5O3S. The minimum absolute atomic E-state index is 0.141. The maximum atomic E-state index is 12.3. The summed E-state index contributed by atoms with van der Waals surface area (Å²) < 4.78 is 10.6. The van der Waals surface area contributed by atoms with Gasteiger partial charge in [0.2, 0.25) is 0 Å². The second kappa shape index (κ2) is 8.53. The van der Waals surface area contributed by atoms with Crippen LogP contribution in [0.2, 0.25) is 0 Å². The van der Waals surface area contributed by atoms with E-state index in [2.05, 4.69) is 46.3 Å². The van der Waals surface area contributed by atoms with Crippen LogP contribution in [0.1, 0.15) is 41.4 Å². The first kappa shape index (κ1) is 20.5. The number of aromatic nitrogens is 3. The number of ether oxygens (including phenoxy) is 1. The Morgan fingerprint density at radius 2 is 1.90 bits per heavy atom. The highest BCUT2D eigenvalue weighted by Crippen LogP contribution is 2.36. The number of nitrogens with zero attached hydrogens (tertiary/aromatic N) is 4. The van der Waals surface area contributed by atoms with Gasteiger partial charge in [0, 0.05) is 30.5 Å². The molecule has 8 nitrogen and oxygen atoms in total. The lowest BCUT2D eigenvalue weighted by Crippen LogP contribution is -2.45. The first-order valence-corrected chi connectivity index (χ1v) is 10.7. The fourth-order valence-electron chi connectivity index (χ4n) is 3.70. The van der Waals surface area contributed by atoms with Crippen molar-refractivity contribution in [2.45, 2.75) is 46.4 Å². The minimum atomic E-state index is -0.292. The molecular weight excluding hydrogens is 402 g/mol. The third-order valence-electron chi connectivity index (χ3n) is 4.81. The molecule has 9 heteroatoms. The smallest absolute Gasteiger partial charge is 0.273 e. The molecule has 1 amide bonds. The van der Waals surface area contributed by atoms with Crippen molar-refractivity contribution in [1.29, 1.82) is 0 Å². The molecule has 0 aromatic carbocycles. The van der Waals surface area contributed by atoms with Gasteiger partial charge in [-0.3, -0.25) is 9.78 Å². The van der Waals surface area contributed by atoms with Crippen LogP contribution in [-0.2, 0) is 11.3 Å². The van der Waals surface area contributed by atoms with Gasteiger partial charge in [-0.2, -0.15) is 0 Å². The molecule has 1 aliphatic heterocycles. The molecule has 1 aliphatic rings. The number of pyridine rings is 1. The number of amides is 1. The van der Waals surface area contributed by atoms with Gasteiger partial charge in [-0.25, -0.2) is 4.98 Å². The number of hydrogen-bond donors (Lipinski definition) is 1. The number of morpholine rings is 1. The Labute approximate surface area is 179 Å². The Morgan fingerprint density at radius 1 is 1.20 bits per heavy atom. The Morgan fingerprint density at radius 3 is 2.53 bits per heavy atom. The van der Waals surface area contributed by atoms with Crippen LogP contribution in [0, 0.1) is 13.8 Å². The van der Waals surface area contributed by atoms with Gasteiger partial charge in [0.15, 0.2) is 10.8 Å². The molecule has 158 valence electrons.